The summed E-state index contributed by atoms with van der Waals surface area (Å²) in [5.74, 6) is 1.89. The minimum Gasteiger partial charge on any atom is -0.330 e. The average Bonchev–Trinajstić information content (AvgIpc) is 3.22. The lowest BCUT2D eigenvalue weighted by Crippen LogP contribution is -2.20. The second-order valence-corrected chi connectivity index (χ2v) is 5.63. The first kappa shape index (κ1) is 11.3. The molecule has 0 saturated heterocycles. The molecular formula is C14H23N3. The molecule has 2 saturated carbocycles. The molecule has 3 nitrogen and oxygen atoms in total. The first-order valence-electron chi connectivity index (χ1n) is 7.11. The van der Waals surface area contributed by atoms with Gasteiger partial charge in [0.25, 0.3) is 0 Å². The maximum absolute atomic E-state index is 4.37. The SMILES string of the molecule is CCCNCc1cncn1C(C1CC1)C1CC1. The van der Waals surface area contributed by atoms with Crippen LogP contribution in [-0.4, -0.2) is 16.1 Å². The van der Waals surface area contributed by atoms with Crippen LogP contribution in [0.5, 0.6) is 0 Å². The van der Waals surface area contributed by atoms with Crippen molar-refractivity contribution in [1.82, 2.24) is 14.9 Å². The van der Waals surface area contributed by atoms with Crippen molar-refractivity contribution in [3.8, 4) is 0 Å². The molecule has 3 rings (SSSR count). The number of hydrogen-bond donors (Lipinski definition) is 1. The van der Waals surface area contributed by atoms with Gasteiger partial charge in [-0.1, -0.05) is 6.92 Å². The summed E-state index contributed by atoms with van der Waals surface area (Å²) in [5, 5.41) is 3.49. The number of nitrogens with zero attached hydrogens (tertiary/aromatic N) is 2. The smallest absolute Gasteiger partial charge is 0.0951 e. The summed E-state index contributed by atoms with van der Waals surface area (Å²) in [7, 11) is 0. The number of rotatable bonds is 7. The fraction of sp³-hybridized carbons (Fsp3) is 0.786. The Labute approximate surface area is 104 Å². The van der Waals surface area contributed by atoms with Crippen molar-refractivity contribution in [2.75, 3.05) is 6.54 Å². The van der Waals surface area contributed by atoms with E-state index in [1.165, 1.54) is 37.8 Å². The fourth-order valence-electron chi connectivity index (χ4n) is 2.85. The molecule has 0 unspecified atom stereocenters. The molecule has 2 aliphatic carbocycles. The third kappa shape index (κ3) is 2.54. The van der Waals surface area contributed by atoms with E-state index in [2.05, 4.69) is 28.1 Å². The van der Waals surface area contributed by atoms with Crippen LogP contribution in [0.2, 0.25) is 0 Å². The monoisotopic (exact) mass is 233 g/mol. The Hall–Kier alpha value is -0.830. The molecule has 17 heavy (non-hydrogen) atoms. The standard InChI is InChI=1S/C14H23N3/c1-2-7-15-8-13-9-16-10-17(13)14(11-3-4-11)12-5-6-12/h9-12,14-15H,2-8H2,1H3. The third-order valence-electron chi connectivity index (χ3n) is 4.01. The summed E-state index contributed by atoms with van der Waals surface area (Å²) >= 11 is 0. The molecule has 0 aliphatic heterocycles. The van der Waals surface area contributed by atoms with Gasteiger partial charge in [-0.15, -0.1) is 0 Å². The first-order chi connectivity index (χ1) is 8.40. The zero-order chi connectivity index (χ0) is 11.7. The zero-order valence-corrected chi connectivity index (χ0v) is 10.7. The van der Waals surface area contributed by atoms with Crippen LogP contribution in [0.25, 0.3) is 0 Å². The molecule has 1 aromatic heterocycles. The minimum atomic E-state index is 0.760. The van der Waals surface area contributed by atoms with Gasteiger partial charge in [-0.05, 0) is 50.5 Å². The van der Waals surface area contributed by atoms with Crippen molar-refractivity contribution in [1.29, 1.82) is 0 Å². The van der Waals surface area contributed by atoms with E-state index in [-0.39, 0.29) is 0 Å². The highest BCUT2D eigenvalue weighted by molar-refractivity contribution is 5.06. The fourth-order valence-corrected chi connectivity index (χ4v) is 2.85. The summed E-state index contributed by atoms with van der Waals surface area (Å²) < 4.78 is 2.47. The Kier molecular flexibility index (Phi) is 3.19. The lowest BCUT2D eigenvalue weighted by atomic mass is 10.1. The van der Waals surface area contributed by atoms with Gasteiger partial charge < -0.3 is 9.88 Å². The number of hydrogen-bond acceptors (Lipinski definition) is 2. The maximum atomic E-state index is 4.37. The van der Waals surface area contributed by atoms with Crippen molar-refractivity contribution in [2.45, 2.75) is 51.6 Å². The maximum Gasteiger partial charge on any atom is 0.0951 e. The van der Waals surface area contributed by atoms with Crippen LogP contribution in [0.15, 0.2) is 12.5 Å². The van der Waals surface area contributed by atoms with Crippen LogP contribution in [0.3, 0.4) is 0 Å². The highest BCUT2D eigenvalue weighted by atomic mass is 15.1. The molecular weight excluding hydrogens is 210 g/mol. The summed E-state index contributed by atoms with van der Waals surface area (Å²) in [6, 6.07) is 0.760. The van der Waals surface area contributed by atoms with Gasteiger partial charge in [0.05, 0.1) is 12.0 Å². The molecule has 2 fully saturated rings. The van der Waals surface area contributed by atoms with E-state index in [9.17, 15) is 0 Å². The molecule has 1 N–H and O–H groups in total. The second kappa shape index (κ2) is 4.81. The first-order valence-corrected chi connectivity index (χ1v) is 7.11. The highest BCUT2D eigenvalue weighted by Gasteiger charge is 2.42. The minimum absolute atomic E-state index is 0.760. The van der Waals surface area contributed by atoms with E-state index in [0.717, 1.165) is 31.0 Å². The molecule has 3 heteroatoms. The molecule has 94 valence electrons. The lowest BCUT2D eigenvalue weighted by molar-refractivity contribution is 0.381. The number of nitrogens with one attached hydrogen (secondary N) is 1. The quantitative estimate of drug-likeness (QED) is 0.734. The van der Waals surface area contributed by atoms with E-state index in [1.54, 1.807) is 0 Å². The summed E-state index contributed by atoms with van der Waals surface area (Å²) in [6.07, 6.45) is 11.0. The van der Waals surface area contributed by atoms with Crippen LogP contribution < -0.4 is 5.32 Å². The van der Waals surface area contributed by atoms with Gasteiger partial charge in [0, 0.05) is 18.8 Å². The van der Waals surface area contributed by atoms with Crippen molar-refractivity contribution in [3.05, 3.63) is 18.2 Å². The van der Waals surface area contributed by atoms with Gasteiger partial charge in [-0.3, -0.25) is 0 Å². The zero-order valence-electron chi connectivity index (χ0n) is 10.7. The van der Waals surface area contributed by atoms with E-state index in [1.807, 2.05) is 6.20 Å². The average molecular weight is 233 g/mol. The Morgan fingerprint density at radius 2 is 2.06 bits per heavy atom. The molecule has 0 atom stereocenters. The molecule has 1 aromatic rings. The Balaban J connectivity index is 1.69. The van der Waals surface area contributed by atoms with Crippen LogP contribution >= 0.6 is 0 Å². The lowest BCUT2D eigenvalue weighted by Gasteiger charge is -2.20. The molecule has 0 amide bonds. The van der Waals surface area contributed by atoms with Gasteiger partial charge >= 0.3 is 0 Å². The molecule has 1 heterocycles. The predicted octanol–water partition coefficient (Wildman–Crippen LogP) is 2.74. The molecule has 0 spiro atoms. The Bertz CT molecular complexity index is 351. The Morgan fingerprint density at radius 3 is 2.65 bits per heavy atom. The van der Waals surface area contributed by atoms with E-state index in [4.69, 9.17) is 0 Å². The number of aromatic nitrogens is 2. The van der Waals surface area contributed by atoms with Crippen LogP contribution in [-0.2, 0) is 6.54 Å². The van der Waals surface area contributed by atoms with E-state index in [0.29, 0.717) is 0 Å². The summed E-state index contributed by atoms with van der Waals surface area (Å²) in [6.45, 7) is 4.29. The van der Waals surface area contributed by atoms with Gasteiger partial charge in [0.1, 0.15) is 0 Å². The largest absolute Gasteiger partial charge is 0.330 e. The topological polar surface area (TPSA) is 29.9 Å². The third-order valence-corrected chi connectivity index (χ3v) is 4.01. The van der Waals surface area contributed by atoms with Crippen molar-refractivity contribution in [2.24, 2.45) is 11.8 Å². The van der Waals surface area contributed by atoms with Gasteiger partial charge in [0.2, 0.25) is 0 Å². The van der Waals surface area contributed by atoms with Crippen LogP contribution in [0.4, 0.5) is 0 Å². The molecule has 0 radical (unpaired) electrons. The molecule has 0 aromatic carbocycles. The van der Waals surface area contributed by atoms with Crippen molar-refractivity contribution < 1.29 is 0 Å². The van der Waals surface area contributed by atoms with Crippen molar-refractivity contribution in [3.63, 3.8) is 0 Å². The van der Waals surface area contributed by atoms with Gasteiger partial charge in [0.15, 0.2) is 0 Å². The highest BCUT2D eigenvalue weighted by Crippen LogP contribution is 2.52. The van der Waals surface area contributed by atoms with Crippen LogP contribution in [0, 0.1) is 11.8 Å². The summed E-state index contributed by atoms with van der Waals surface area (Å²) in [5.41, 5.74) is 1.38. The summed E-state index contributed by atoms with van der Waals surface area (Å²) in [4.78, 5) is 4.37. The van der Waals surface area contributed by atoms with Gasteiger partial charge in [-0.25, -0.2) is 4.98 Å². The number of imidazole rings is 1. The molecule has 0 bridgehead atoms. The molecule has 2 aliphatic rings. The van der Waals surface area contributed by atoms with Crippen molar-refractivity contribution >= 4 is 0 Å². The van der Waals surface area contributed by atoms with E-state index < -0.39 is 0 Å². The normalized spacial score (nSPS) is 20.1. The van der Waals surface area contributed by atoms with E-state index >= 15 is 0 Å². The van der Waals surface area contributed by atoms with Gasteiger partial charge in [-0.2, -0.15) is 0 Å². The Morgan fingerprint density at radius 1 is 1.35 bits per heavy atom. The predicted molar refractivity (Wildman–Crippen MR) is 68.7 cm³/mol. The van der Waals surface area contributed by atoms with Crippen LogP contribution in [0.1, 0.15) is 50.8 Å². The second-order valence-electron chi connectivity index (χ2n) is 5.63.